The van der Waals surface area contributed by atoms with E-state index < -0.39 is 11.1 Å². The quantitative estimate of drug-likeness (QED) is 0.708. The zero-order valence-corrected chi connectivity index (χ0v) is 14.9. The first kappa shape index (κ1) is 17.5. The van der Waals surface area contributed by atoms with Gasteiger partial charge in [0.2, 0.25) is 0 Å². The molecule has 7 heteroatoms. The van der Waals surface area contributed by atoms with Gasteiger partial charge in [0.25, 0.3) is 5.56 Å². The summed E-state index contributed by atoms with van der Waals surface area (Å²) in [5, 5.41) is 4.79. The highest BCUT2D eigenvalue weighted by Crippen LogP contribution is 2.22. The van der Waals surface area contributed by atoms with Crippen molar-refractivity contribution in [2.75, 3.05) is 0 Å². The van der Waals surface area contributed by atoms with Crippen LogP contribution in [0.4, 0.5) is 0 Å². The molecule has 1 unspecified atom stereocenters. The maximum atomic E-state index is 12.7. The minimum atomic E-state index is -1.88. The van der Waals surface area contributed by atoms with Crippen LogP contribution in [0.15, 0.2) is 59.5 Å². The summed E-state index contributed by atoms with van der Waals surface area (Å²) in [6.45, 7) is 1.75. The monoisotopic (exact) mass is 374 g/mol. The zero-order valence-electron chi connectivity index (χ0n) is 13.3. The van der Waals surface area contributed by atoms with Crippen molar-refractivity contribution in [1.82, 2.24) is 9.78 Å². The number of halogens is 1. The highest BCUT2D eigenvalue weighted by Gasteiger charge is 2.11. The average Bonchev–Trinajstić information content (AvgIpc) is 2.58. The molecule has 0 spiro atoms. The van der Waals surface area contributed by atoms with Crippen molar-refractivity contribution in [3.63, 3.8) is 0 Å². The van der Waals surface area contributed by atoms with E-state index in [-0.39, 0.29) is 11.3 Å². The van der Waals surface area contributed by atoms with E-state index in [4.69, 9.17) is 16.2 Å². The van der Waals surface area contributed by atoms with E-state index in [1.54, 1.807) is 49.5 Å². The van der Waals surface area contributed by atoms with Gasteiger partial charge in [-0.2, -0.15) is 9.78 Å². The summed E-state index contributed by atoms with van der Waals surface area (Å²) in [7, 11) is 0. The lowest BCUT2D eigenvalue weighted by atomic mass is 10.0. The molecular formula is C18H15ClN2O3S. The molecule has 1 aromatic heterocycles. The van der Waals surface area contributed by atoms with Gasteiger partial charge in [-0.25, -0.2) is 4.21 Å². The molecule has 0 saturated heterocycles. The first-order valence-corrected chi connectivity index (χ1v) is 9.13. The second-order valence-corrected chi connectivity index (χ2v) is 6.91. The number of aromatic nitrogens is 2. The van der Waals surface area contributed by atoms with Crippen molar-refractivity contribution < 1.29 is 8.76 Å². The summed E-state index contributed by atoms with van der Waals surface area (Å²) < 4.78 is 21.1. The number of hydrogen-bond donors (Lipinski definition) is 1. The van der Waals surface area contributed by atoms with E-state index in [0.29, 0.717) is 16.3 Å². The number of rotatable bonds is 4. The summed E-state index contributed by atoms with van der Waals surface area (Å²) in [6, 6.07) is 14.1. The molecule has 0 amide bonds. The Morgan fingerprint density at radius 1 is 1.20 bits per heavy atom. The Morgan fingerprint density at radius 3 is 2.56 bits per heavy atom. The minimum Gasteiger partial charge on any atom is -0.306 e. The Kier molecular flexibility index (Phi) is 5.13. The fourth-order valence-electron chi connectivity index (χ4n) is 2.54. The van der Waals surface area contributed by atoms with Crippen molar-refractivity contribution in [1.29, 1.82) is 0 Å². The topological polar surface area (TPSA) is 72.2 Å². The first-order valence-electron chi connectivity index (χ1n) is 7.47. The largest absolute Gasteiger partial charge is 0.306 e. The molecular weight excluding hydrogens is 360 g/mol. The van der Waals surface area contributed by atoms with Crippen LogP contribution in [-0.4, -0.2) is 18.5 Å². The molecule has 5 nitrogen and oxygen atoms in total. The van der Waals surface area contributed by atoms with Crippen LogP contribution < -0.4 is 5.56 Å². The van der Waals surface area contributed by atoms with Crippen LogP contribution in [0.5, 0.6) is 0 Å². The molecule has 25 heavy (non-hydrogen) atoms. The van der Waals surface area contributed by atoms with E-state index in [1.807, 2.05) is 12.1 Å². The van der Waals surface area contributed by atoms with Crippen LogP contribution in [0.3, 0.4) is 0 Å². The van der Waals surface area contributed by atoms with Gasteiger partial charge in [-0.05, 0) is 36.2 Å². The van der Waals surface area contributed by atoms with Gasteiger partial charge in [0.1, 0.15) is 0 Å². The standard InChI is InChI=1S/C18H15ClN2O3S/c1-12-17(14-7-5-13(6-8-14)11-25(23)24)10-20-21(18(12)22)16-4-2-3-15(19)9-16/h2-10H,11H2,1H3,(H,23,24). The predicted octanol–water partition coefficient (Wildman–Crippen LogP) is 3.58. The Bertz CT molecular complexity index is 1000. The van der Waals surface area contributed by atoms with Crippen LogP contribution >= 0.6 is 11.6 Å². The van der Waals surface area contributed by atoms with Gasteiger partial charge < -0.3 is 4.55 Å². The lowest BCUT2D eigenvalue weighted by molar-refractivity contribution is 0.563. The number of nitrogens with zero attached hydrogens (tertiary/aromatic N) is 2. The lowest BCUT2D eigenvalue weighted by Crippen LogP contribution is -2.23. The molecule has 1 atom stereocenters. The smallest absolute Gasteiger partial charge is 0.275 e. The summed E-state index contributed by atoms with van der Waals surface area (Å²) in [5.74, 6) is 0.0773. The molecule has 1 heterocycles. The fraction of sp³-hybridized carbons (Fsp3) is 0.111. The molecule has 0 aliphatic heterocycles. The summed E-state index contributed by atoms with van der Waals surface area (Å²) in [4.78, 5) is 12.7. The Labute approximate surface area is 152 Å². The van der Waals surface area contributed by atoms with Crippen LogP contribution in [0.25, 0.3) is 16.8 Å². The van der Waals surface area contributed by atoms with Crippen molar-refractivity contribution in [3.8, 4) is 16.8 Å². The van der Waals surface area contributed by atoms with Crippen LogP contribution in [-0.2, 0) is 16.8 Å². The third kappa shape index (κ3) is 3.87. The van der Waals surface area contributed by atoms with Crippen molar-refractivity contribution in [3.05, 3.63) is 81.2 Å². The predicted molar refractivity (Wildman–Crippen MR) is 99.5 cm³/mol. The highest BCUT2D eigenvalue weighted by molar-refractivity contribution is 7.78. The zero-order chi connectivity index (χ0) is 18.0. The maximum absolute atomic E-state index is 12.7. The first-order chi connectivity index (χ1) is 12.0. The Hall–Kier alpha value is -2.28. The van der Waals surface area contributed by atoms with Crippen molar-refractivity contribution >= 4 is 22.7 Å². The highest BCUT2D eigenvalue weighted by atomic mass is 35.5. The van der Waals surface area contributed by atoms with Crippen LogP contribution in [0, 0.1) is 6.92 Å². The molecule has 0 fully saturated rings. The molecule has 0 bridgehead atoms. The SMILES string of the molecule is Cc1c(-c2ccc(CS(=O)O)cc2)cnn(-c2cccc(Cl)c2)c1=O. The van der Waals surface area contributed by atoms with Crippen LogP contribution in [0.1, 0.15) is 11.1 Å². The fourth-order valence-corrected chi connectivity index (χ4v) is 3.21. The number of hydrogen-bond acceptors (Lipinski definition) is 3. The Morgan fingerprint density at radius 2 is 1.92 bits per heavy atom. The summed E-state index contributed by atoms with van der Waals surface area (Å²) in [6.07, 6.45) is 1.64. The van der Waals surface area contributed by atoms with Gasteiger partial charge in [-0.15, -0.1) is 0 Å². The van der Waals surface area contributed by atoms with E-state index in [1.165, 1.54) is 4.68 Å². The lowest BCUT2D eigenvalue weighted by Gasteiger charge is -2.10. The molecule has 0 aliphatic rings. The van der Waals surface area contributed by atoms with Gasteiger partial charge in [0.05, 0.1) is 17.6 Å². The van der Waals surface area contributed by atoms with E-state index in [9.17, 15) is 9.00 Å². The van der Waals surface area contributed by atoms with E-state index in [0.717, 1.165) is 16.7 Å². The second kappa shape index (κ2) is 7.31. The van der Waals surface area contributed by atoms with Gasteiger partial charge in [0, 0.05) is 16.1 Å². The number of benzene rings is 2. The molecule has 3 aromatic rings. The summed E-state index contributed by atoms with van der Waals surface area (Å²) in [5.41, 5.74) is 3.25. The molecule has 128 valence electrons. The molecule has 2 aromatic carbocycles. The van der Waals surface area contributed by atoms with Gasteiger partial charge in [-0.3, -0.25) is 4.79 Å². The minimum absolute atomic E-state index is 0.0773. The van der Waals surface area contributed by atoms with Crippen LogP contribution in [0.2, 0.25) is 5.02 Å². The van der Waals surface area contributed by atoms with Gasteiger partial charge in [-0.1, -0.05) is 41.9 Å². The summed E-state index contributed by atoms with van der Waals surface area (Å²) >= 11 is 4.10. The normalized spacial score (nSPS) is 12.1. The third-order valence-electron chi connectivity index (χ3n) is 3.83. The molecule has 0 radical (unpaired) electrons. The Balaban J connectivity index is 2.00. The molecule has 0 aliphatic carbocycles. The van der Waals surface area contributed by atoms with Gasteiger partial charge >= 0.3 is 0 Å². The van der Waals surface area contributed by atoms with Gasteiger partial charge in [0.15, 0.2) is 11.1 Å². The average molecular weight is 375 g/mol. The molecule has 0 saturated carbocycles. The maximum Gasteiger partial charge on any atom is 0.275 e. The molecule has 1 N–H and O–H groups in total. The van der Waals surface area contributed by atoms with E-state index >= 15 is 0 Å². The molecule has 3 rings (SSSR count). The third-order valence-corrected chi connectivity index (χ3v) is 4.64. The van der Waals surface area contributed by atoms with Crippen molar-refractivity contribution in [2.45, 2.75) is 12.7 Å². The van der Waals surface area contributed by atoms with E-state index in [2.05, 4.69) is 5.10 Å². The second-order valence-electron chi connectivity index (χ2n) is 5.54. The van der Waals surface area contributed by atoms with Crippen molar-refractivity contribution in [2.24, 2.45) is 0 Å².